The lowest BCUT2D eigenvalue weighted by Crippen LogP contribution is -2.33. The van der Waals surface area contributed by atoms with Crippen LogP contribution >= 0.6 is 0 Å². The number of nitrogens with zero attached hydrogens (tertiary/aromatic N) is 2. The van der Waals surface area contributed by atoms with E-state index in [1.807, 2.05) is 6.07 Å². The molecule has 0 aliphatic carbocycles. The number of carbonyl (C=O) groups is 2. The average Bonchev–Trinajstić information content (AvgIpc) is 3.20. The van der Waals surface area contributed by atoms with Crippen molar-refractivity contribution in [2.75, 3.05) is 25.5 Å². The zero-order valence-corrected chi connectivity index (χ0v) is 15.2. The van der Waals surface area contributed by atoms with Crippen LogP contribution in [-0.2, 0) is 4.79 Å². The molecule has 3 rings (SSSR count). The highest BCUT2D eigenvalue weighted by molar-refractivity contribution is 5.90. The molecule has 1 aliphatic heterocycles. The Balaban J connectivity index is 1.62. The van der Waals surface area contributed by atoms with Crippen molar-refractivity contribution in [1.29, 1.82) is 5.26 Å². The van der Waals surface area contributed by atoms with Gasteiger partial charge in [0.2, 0.25) is 0 Å². The minimum Gasteiger partial charge on any atom is -0.493 e. The smallest absolute Gasteiger partial charge is 0.321 e. The molecule has 1 aliphatic rings. The summed E-state index contributed by atoms with van der Waals surface area (Å²) in [6.07, 6.45) is 0.460. The van der Waals surface area contributed by atoms with Crippen LogP contribution in [0.2, 0.25) is 0 Å². The number of methoxy groups -OCH3 is 1. The number of aliphatic carboxylic acids is 1. The second-order valence-corrected chi connectivity index (χ2v) is 6.30. The maximum Gasteiger partial charge on any atom is 0.321 e. The Morgan fingerprint density at radius 2 is 1.96 bits per heavy atom. The Labute approximate surface area is 161 Å². The summed E-state index contributed by atoms with van der Waals surface area (Å²) in [5, 5.41) is 20.7. The number of nitriles is 1. The van der Waals surface area contributed by atoms with E-state index in [2.05, 4.69) is 5.32 Å². The minimum atomic E-state index is -0.880. The third-order valence-corrected chi connectivity index (χ3v) is 4.45. The Morgan fingerprint density at radius 3 is 2.57 bits per heavy atom. The maximum atomic E-state index is 12.3. The second kappa shape index (κ2) is 8.31. The molecule has 8 nitrogen and oxygen atoms in total. The highest BCUT2D eigenvalue weighted by Crippen LogP contribution is 2.32. The fourth-order valence-electron chi connectivity index (χ4n) is 2.90. The molecule has 1 atom stereocenters. The molecule has 2 aromatic rings. The monoisotopic (exact) mass is 381 g/mol. The standard InChI is InChI=1S/C20H19N3O5/c1-27-18-10-13(11-21)2-7-17(18)28-16-5-3-15(4-6-16)22-20(26)23-9-8-14(12-23)19(24)25/h2-7,10,14H,8-9,12H2,1H3,(H,22,26)(H,24,25). The first-order chi connectivity index (χ1) is 13.5. The molecule has 2 N–H and O–H groups in total. The number of anilines is 1. The summed E-state index contributed by atoms with van der Waals surface area (Å²) < 4.78 is 11.0. The SMILES string of the molecule is COc1cc(C#N)ccc1Oc1ccc(NC(=O)N2CCC(C(=O)O)C2)cc1. The number of rotatable bonds is 5. The molecule has 0 saturated carbocycles. The number of likely N-dealkylation sites (tertiary alicyclic amines) is 1. The van der Waals surface area contributed by atoms with Crippen LogP contribution in [0.4, 0.5) is 10.5 Å². The van der Waals surface area contributed by atoms with Gasteiger partial charge in [0, 0.05) is 24.8 Å². The van der Waals surface area contributed by atoms with Gasteiger partial charge in [-0.25, -0.2) is 4.79 Å². The molecule has 1 saturated heterocycles. The number of hydrogen-bond acceptors (Lipinski definition) is 5. The third-order valence-electron chi connectivity index (χ3n) is 4.45. The highest BCUT2D eigenvalue weighted by atomic mass is 16.5. The van der Waals surface area contributed by atoms with Crippen LogP contribution in [0, 0.1) is 17.2 Å². The molecule has 1 heterocycles. The van der Waals surface area contributed by atoms with Crippen molar-refractivity contribution < 1.29 is 24.2 Å². The van der Waals surface area contributed by atoms with Gasteiger partial charge in [-0.1, -0.05) is 0 Å². The van der Waals surface area contributed by atoms with E-state index in [0.29, 0.717) is 41.5 Å². The van der Waals surface area contributed by atoms with Crippen molar-refractivity contribution in [3.8, 4) is 23.3 Å². The van der Waals surface area contributed by atoms with Crippen molar-refractivity contribution in [3.63, 3.8) is 0 Å². The molecule has 144 valence electrons. The molecule has 1 fully saturated rings. The number of amides is 2. The summed E-state index contributed by atoms with van der Waals surface area (Å²) in [5.41, 5.74) is 1.04. The molecule has 0 spiro atoms. The first kappa shape index (κ1) is 19.0. The van der Waals surface area contributed by atoms with Crippen LogP contribution in [0.15, 0.2) is 42.5 Å². The number of ether oxygens (including phenoxy) is 2. The number of carboxylic acids is 1. The zero-order valence-electron chi connectivity index (χ0n) is 15.2. The fraction of sp³-hybridized carbons (Fsp3) is 0.250. The molecular weight excluding hydrogens is 362 g/mol. The minimum absolute atomic E-state index is 0.209. The quantitative estimate of drug-likeness (QED) is 0.822. The van der Waals surface area contributed by atoms with Crippen LogP contribution in [0.3, 0.4) is 0 Å². The predicted octanol–water partition coefficient (Wildman–Crippen LogP) is 3.30. The topological polar surface area (TPSA) is 112 Å². The van der Waals surface area contributed by atoms with E-state index >= 15 is 0 Å². The van der Waals surface area contributed by atoms with E-state index in [4.69, 9.17) is 19.8 Å². The van der Waals surface area contributed by atoms with Gasteiger partial charge >= 0.3 is 12.0 Å². The first-order valence-corrected chi connectivity index (χ1v) is 8.65. The van der Waals surface area contributed by atoms with Crippen LogP contribution < -0.4 is 14.8 Å². The van der Waals surface area contributed by atoms with Crippen LogP contribution in [0.5, 0.6) is 17.2 Å². The van der Waals surface area contributed by atoms with Crippen molar-refractivity contribution in [3.05, 3.63) is 48.0 Å². The second-order valence-electron chi connectivity index (χ2n) is 6.30. The fourth-order valence-corrected chi connectivity index (χ4v) is 2.90. The van der Waals surface area contributed by atoms with E-state index in [1.54, 1.807) is 42.5 Å². The Morgan fingerprint density at radius 1 is 1.21 bits per heavy atom. The molecular formula is C20H19N3O5. The lowest BCUT2D eigenvalue weighted by atomic mass is 10.1. The van der Waals surface area contributed by atoms with Gasteiger partial charge in [0.15, 0.2) is 11.5 Å². The molecule has 0 radical (unpaired) electrons. The number of urea groups is 1. The summed E-state index contributed by atoms with van der Waals surface area (Å²) in [6, 6.07) is 13.3. The van der Waals surface area contributed by atoms with E-state index < -0.39 is 11.9 Å². The van der Waals surface area contributed by atoms with Gasteiger partial charge in [-0.3, -0.25) is 4.79 Å². The molecule has 0 aromatic heterocycles. The van der Waals surface area contributed by atoms with Gasteiger partial charge < -0.3 is 24.8 Å². The van der Waals surface area contributed by atoms with Gasteiger partial charge in [-0.2, -0.15) is 5.26 Å². The Kier molecular flexibility index (Phi) is 5.65. The largest absolute Gasteiger partial charge is 0.493 e. The number of carboxylic acid groups (broad SMARTS) is 1. The van der Waals surface area contributed by atoms with Crippen LogP contribution in [-0.4, -0.2) is 42.2 Å². The van der Waals surface area contributed by atoms with E-state index in [9.17, 15) is 9.59 Å². The van der Waals surface area contributed by atoms with E-state index in [0.717, 1.165) is 0 Å². The lowest BCUT2D eigenvalue weighted by Gasteiger charge is -2.17. The molecule has 2 amide bonds. The lowest BCUT2D eigenvalue weighted by molar-refractivity contribution is -0.141. The van der Waals surface area contributed by atoms with Crippen LogP contribution in [0.25, 0.3) is 0 Å². The molecule has 2 aromatic carbocycles. The first-order valence-electron chi connectivity index (χ1n) is 8.65. The highest BCUT2D eigenvalue weighted by Gasteiger charge is 2.30. The van der Waals surface area contributed by atoms with Crippen molar-refractivity contribution in [2.45, 2.75) is 6.42 Å². The predicted molar refractivity (Wildman–Crippen MR) is 101 cm³/mol. The number of nitrogens with one attached hydrogen (secondary N) is 1. The molecule has 28 heavy (non-hydrogen) atoms. The van der Waals surface area contributed by atoms with Gasteiger partial charge in [0.25, 0.3) is 0 Å². The summed E-state index contributed by atoms with van der Waals surface area (Å²) in [7, 11) is 1.50. The van der Waals surface area contributed by atoms with Crippen molar-refractivity contribution >= 4 is 17.7 Å². The van der Waals surface area contributed by atoms with Gasteiger partial charge in [-0.05, 0) is 42.8 Å². The average molecular weight is 381 g/mol. The number of benzene rings is 2. The van der Waals surface area contributed by atoms with Crippen molar-refractivity contribution in [1.82, 2.24) is 4.90 Å². The van der Waals surface area contributed by atoms with Crippen LogP contribution in [0.1, 0.15) is 12.0 Å². The van der Waals surface area contributed by atoms with E-state index in [-0.39, 0.29) is 12.6 Å². The normalized spacial score (nSPS) is 15.6. The van der Waals surface area contributed by atoms with E-state index in [1.165, 1.54) is 12.0 Å². The maximum absolute atomic E-state index is 12.3. The Bertz CT molecular complexity index is 920. The Hall–Kier alpha value is -3.73. The summed E-state index contributed by atoms with van der Waals surface area (Å²) in [4.78, 5) is 24.7. The molecule has 0 bridgehead atoms. The number of hydrogen-bond donors (Lipinski definition) is 2. The summed E-state index contributed by atoms with van der Waals surface area (Å²) >= 11 is 0. The molecule has 1 unspecified atom stereocenters. The zero-order chi connectivity index (χ0) is 20.1. The van der Waals surface area contributed by atoms with Crippen molar-refractivity contribution in [2.24, 2.45) is 5.92 Å². The number of carbonyl (C=O) groups excluding carboxylic acids is 1. The van der Waals surface area contributed by atoms with Gasteiger partial charge in [0.05, 0.1) is 24.7 Å². The summed E-state index contributed by atoms with van der Waals surface area (Å²) in [6.45, 7) is 0.628. The summed E-state index contributed by atoms with van der Waals surface area (Å²) in [5.74, 6) is 0.0561. The third kappa shape index (κ3) is 4.32. The van der Waals surface area contributed by atoms with Gasteiger partial charge in [-0.15, -0.1) is 0 Å². The molecule has 8 heteroatoms. The van der Waals surface area contributed by atoms with Gasteiger partial charge in [0.1, 0.15) is 5.75 Å².